The van der Waals surface area contributed by atoms with Gasteiger partial charge in [0.1, 0.15) is 0 Å². The number of nitrogens with zero attached hydrogens (tertiary/aromatic N) is 4. The maximum Gasteiger partial charge on any atom is 0.417 e. The molecule has 9 heteroatoms. The normalized spacial score (nSPS) is 11.7. The molecule has 0 radical (unpaired) electrons. The Morgan fingerprint density at radius 1 is 1.28 bits per heavy atom. The second-order valence-electron chi connectivity index (χ2n) is 5.45. The molecule has 0 spiro atoms. The molecule has 0 fully saturated rings. The highest BCUT2D eigenvalue weighted by Crippen LogP contribution is 2.36. The molecule has 0 unspecified atom stereocenters. The number of aromatic nitrogens is 3. The number of fused-ring (bicyclic) bond motifs is 1. The molecular weight excluding hydrogens is 337 g/mol. The molecule has 1 N–H and O–H groups in total. The van der Waals surface area contributed by atoms with E-state index in [0.717, 1.165) is 11.0 Å². The lowest BCUT2D eigenvalue weighted by Crippen LogP contribution is -2.25. The Bertz CT molecular complexity index is 966. The largest absolute Gasteiger partial charge is 0.465 e. The number of hydrogen-bond acceptors (Lipinski definition) is 3. The number of amides is 1. The Morgan fingerprint density at radius 2 is 1.96 bits per heavy atom. The molecule has 6 nitrogen and oxygen atoms in total. The average Bonchev–Trinajstić information content (AvgIpc) is 2.97. The number of halogens is 3. The first-order chi connectivity index (χ1) is 11.7. The summed E-state index contributed by atoms with van der Waals surface area (Å²) in [5.74, 6) is 0.136. The van der Waals surface area contributed by atoms with Crippen LogP contribution in [-0.2, 0) is 6.18 Å². The van der Waals surface area contributed by atoms with Gasteiger partial charge in [0.25, 0.3) is 0 Å². The van der Waals surface area contributed by atoms with Crippen molar-refractivity contribution in [3.05, 3.63) is 47.7 Å². The van der Waals surface area contributed by atoms with Crippen molar-refractivity contribution in [3.8, 4) is 11.3 Å². The van der Waals surface area contributed by atoms with Gasteiger partial charge in [-0.3, -0.25) is 4.90 Å². The molecule has 25 heavy (non-hydrogen) atoms. The number of imidazole rings is 1. The van der Waals surface area contributed by atoms with Gasteiger partial charge in [-0.2, -0.15) is 22.8 Å². The van der Waals surface area contributed by atoms with Gasteiger partial charge in [-0.25, -0.2) is 9.78 Å². The monoisotopic (exact) mass is 350 g/mol. The molecule has 0 saturated heterocycles. The van der Waals surface area contributed by atoms with Crippen molar-refractivity contribution >= 4 is 17.6 Å². The van der Waals surface area contributed by atoms with Crippen LogP contribution in [0.25, 0.3) is 16.9 Å². The predicted octanol–water partition coefficient (Wildman–Crippen LogP) is 3.84. The Labute approximate surface area is 140 Å². The molecule has 0 aliphatic heterocycles. The van der Waals surface area contributed by atoms with Crippen molar-refractivity contribution < 1.29 is 23.1 Å². The first kappa shape index (κ1) is 16.7. The number of hydrogen-bond donors (Lipinski definition) is 1. The molecule has 0 bridgehead atoms. The summed E-state index contributed by atoms with van der Waals surface area (Å²) in [7, 11) is 1.30. The number of carboxylic acid groups (broad SMARTS) is 1. The first-order valence-corrected chi connectivity index (χ1v) is 7.19. The fourth-order valence-electron chi connectivity index (χ4n) is 2.52. The first-order valence-electron chi connectivity index (χ1n) is 7.19. The molecule has 1 aromatic carbocycles. The van der Waals surface area contributed by atoms with Gasteiger partial charge >= 0.3 is 12.3 Å². The maximum absolute atomic E-state index is 13.3. The SMILES string of the molecule is Cc1cc(-c2ccccc2C(F)(F)F)nn2c(N(C)C(=O)O)cnc12. The van der Waals surface area contributed by atoms with Crippen LogP contribution in [0, 0.1) is 6.92 Å². The van der Waals surface area contributed by atoms with Crippen LogP contribution in [0.5, 0.6) is 0 Å². The quantitative estimate of drug-likeness (QED) is 0.762. The molecule has 0 aliphatic rings. The van der Waals surface area contributed by atoms with Crippen LogP contribution in [0.15, 0.2) is 36.5 Å². The van der Waals surface area contributed by atoms with Crippen molar-refractivity contribution in [1.29, 1.82) is 0 Å². The number of carbonyl (C=O) groups is 1. The molecule has 130 valence electrons. The van der Waals surface area contributed by atoms with Crippen molar-refractivity contribution in [2.24, 2.45) is 0 Å². The summed E-state index contributed by atoms with van der Waals surface area (Å²) in [5.41, 5.74) is 0.131. The highest BCUT2D eigenvalue weighted by molar-refractivity contribution is 5.84. The third-order valence-corrected chi connectivity index (χ3v) is 3.77. The second-order valence-corrected chi connectivity index (χ2v) is 5.45. The van der Waals surface area contributed by atoms with E-state index in [1.54, 1.807) is 6.92 Å². The minimum absolute atomic E-state index is 0.0796. The van der Waals surface area contributed by atoms with Crippen molar-refractivity contribution in [3.63, 3.8) is 0 Å². The van der Waals surface area contributed by atoms with Crippen molar-refractivity contribution in [1.82, 2.24) is 14.6 Å². The number of anilines is 1. The van der Waals surface area contributed by atoms with Crippen molar-refractivity contribution in [2.45, 2.75) is 13.1 Å². The van der Waals surface area contributed by atoms with Gasteiger partial charge in [0, 0.05) is 12.6 Å². The lowest BCUT2D eigenvalue weighted by Gasteiger charge is -2.15. The topological polar surface area (TPSA) is 70.7 Å². The van der Waals surface area contributed by atoms with E-state index in [9.17, 15) is 18.0 Å². The maximum atomic E-state index is 13.3. The number of aryl methyl sites for hydroxylation is 1. The molecule has 3 aromatic rings. The van der Waals surface area contributed by atoms with Crippen LogP contribution < -0.4 is 4.90 Å². The summed E-state index contributed by atoms with van der Waals surface area (Å²) in [5, 5.41) is 13.3. The second kappa shape index (κ2) is 5.76. The van der Waals surface area contributed by atoms with E-state index in [1.165, 1.54) is 42.0 Å². The van der Waals surface area contributed by atoms with E-state index in [-0.39, 0.29) is 17.1 Å². The number of benzene rings is 1. The van der Waals surface area contributed by atoms with Gasteiger partial charge in [-0.15, -0.1) is 0 Å². The van der Waals surface area contributed by atoms with E-state index >= 15 is 0 Å². The Hall–Kier alpha value is -3.10. The van der Waals surface area contributed by atoms with Crippen LogP contribution in [0.3, 0.4) is 0 Å². The molecule has 1 amide bonds. The van der Waals surface area contributed by atoms with Crippen LogP contribution in [0.1, 0.15) is 11.1 Å². The van der Waals surface area contributed by atoms with Crippen molar-refractivity contribution in [2.75, 3.05) is 11.9 Å². The van der Waals surface area contributed by atoms with Crippen LogP contribution in [0.2, 0.25) is 0 Å². The zero-order chi connectivity index (χ0) is 18.4. The highest BCUT2D eigenvalue weighted by Gasteiger charge is 2.34. The Morgan fingerprint density at radius 3 is 2.60 bits per heavy atom. The van der Waals surface area contributed by atoms with E-state index in [0.29, 0.717) is 11.2 Å². The minimum atomic E-state index is -4.53. The molecular formula is C16H13F3N4O2. The van der Waals surface area contributed by atoms with E-state index in [1.807, 2.05) is 0 Å². The summed E-state index contributed by atoms with van der Waals surface area (Å²) < 4.78 is 41.0. The van der Waals surface area contributed by atoms with Gasteiger partial charge in [0.15, 0.2) is 11.5 Å². The molecule has 0 saturated carbocycles. The third-order valence-electron chi connectivity index (χ3n) is 3.77. The molecule has 0 aliphatic carbocycles. The fraction of sp³-hybridized carbons (Fsp3) is 0.188. The number of alkyl halides is 3. The zero-order valence-electron chi connectivity index (χ0n) is 13.2. The van der Waals surface area contributed by atoms with E-state index < -0.39 is 17.8 Å². The summed E-state index contributed by atoms with van der Waals surface area (Å²) in [6, 6.07) is 6.60. The van der Waals surface area contributed by atoms with E-state index in [2.05, 4.69) is 10.1 Å². The molecule has 3 rings (SSSR count). The van der Waals surface area contributed by atoms with E-state index in [4.69, 9.17) is 5.11 Å². The molecule has 2 aromatic heterocycles. The molecule has 0 atom stereocenters. The third kappa shape index (κ3) is 2.88. The summed E-state index contributed by atoms with van der Waals surface area (Å²) >= 11 is 0. The predicted molar refractivity (Wildman–Crippen MR) is 84.6 cm³/mol. The molecule has 2 heterocycles. The van der Waals surface area contributed by atoms with Gasteiger partial charge < -0.3 is 5.11 Å². The van der Waals surface area contributed by atoms with Gasteiger partial charge in [0.05, 0.1) is 17.5 Å². The highest BCUT2D eigenvalue weighted by atomic mass is 19.4. The lowest BCUT2D eigenvalue weighted by molar-refractivity contribution is -0.137. The van der Waals surface area contributed by atoms with Gasteiger partial charge in [-0.1, -0.05) is 18.2 Å². The van der Waals surface area contributed by atoms with Crippen LogP contribution >= 0.6 is 0 Å². The van der Waals surface area contributed by atoms with Crippen LogP contribution in [-0.4, -0.2) is 32.8 Å². The summed E-state index contributed by atoms with van der Waals surface area (Å²) in [4.78, 5) is 16.2. The van der Waals surface area contributed by atoms with Gasteiger partial charge in [-0.05, 0) is 24.6 Å². The fourth-order valence-corrected chi connectivity index (χ4v) is 2.52. The number of rotatable bonds is 2. The summed E-state index contributed by atoms with van der Waals surface area (Å²) in [6.45, 7) is 1.67. The Kier molecular flexibility index (Phi) is 3.86. The lowest BCUT2D eigenvalue weighted by atomic mass is 10.0. The average molecular weight is 350 g/mol. The zero-order valence-corrected chi connectivity index (χ0v) is 13.2. The van der Waals surface area contributed by atoms with Gasteiger partial charge in [0.2, 0.25) is 0 Å². The smallest absolute Gasteiger partial charge is 0.417 e. The standard InChI is InChI=1S/C16H13F3N4O2/c1-9-7-12(10-5-3-4-6-11(10)16(17,18)19)21-23-13(8-20-14(9)23)22(2)15(24)25/h3-8H,1-2H3,(H,24,25). The minimum Gasteiger partial charge on any atom is -0.465 e. The summed E-state index contributed by atoms with van der Waals surface area (Å²) in [6.07, 6.45) is -4.46. The Balaban J connectivity index is 2.26. The van der Waals surface area contributed by atoms with Crippen LogP contribution in [0.4, 0.5) is 23.8 Å².